The van der Waals surface area contributed by atoms with Gasteiger partial charge in [0.2, 0.25) is 0 Å². The number of nitrogens with one attached hydrogen (secondary N) is 1. The molecule has 5 rings (SSSR count). The summed E-state index contributed by atoms with van der Waals surface area (Å²) in [6, 6.07) is 16.5. The number of carbonyl (C=O) groups is 1. The van der Waals surface area contributed by atoms with Crippen LogP contribution in [0.3, 0.4) is 0 Å². The van der Waals surface area contributed by atoms with Gasteiger partial charge in [0.25, 0.3) is 0 Å². The Morgan fingerprint density at radius 1 is 1.12 bits per heavy atom. The first-order chi connectivity index (χ1) is 16.1. The second-order valence-electron chi connectivity index (χ2n) is 9.01. The molecule has 2 unspecified atom stereocenters. The molecular formula is C28H28N2O2S. The number of Topliss-reactive ketones (excluding diaryl/α,β-unsaturated/α-hetero) is 1. The van der Waals surface area contributed by atoms with E-state index in [-0.39, 0.29) is 5.92 Å². The molecule has 0 spiro atoms. The maximum Gasteiger partial charge on any atom is 0.163 e. The van der Waals surface area contributed by atoms with E-state index >= 15 is 0 Å². The summed E-state index contributed by atoms with van der Waals surface area (Å²) in [5.41, 5.74) is 6.62. The lowest BCUT2D eigenvalue weighted by Crippen LogP contribution is -2.35. The molecule has 0 radical (unpaired) electrons. The van der Waals surface area contributed by atoms with E-state index in [2.05, 4.69) is 46.6 Å². The average molecular weight is 457 g/mol. The van der Waals surface area contributed by atoms with Gasteiger partial charge in [-0.25, -0.2) is 4.98 Å². The highest BCUT2D eigenvalue weighted by molar-refractivity contribution is 8.05. The van der Waals surface area contributed by atoms with Gasteiger partial charge in [0.15, 0.2) is 5.78 Å². The lowest BCUT2D eigenvalue weighted by Gasteiger charge is -2.36. The van der Waals surface area contributed by atoms with Crippen LogP contribution in [0.1, 0.15) is 31.7 Å². The van der Waals surface area contributed by atoms with Crippen molar-refractivity contribution >= 4 is 17.5 Å². The Kier molecular flexibility index (Phi) is 6.23. The van der Waals surface area contributed by atoms with Gasteiger partial charge < -0.3 is 9.72 Å². The Labute approximate surface area is 199 Å². The van der Waals surface area contributed by atoms with E-state index < -0.39 is 0 Å². The molecule has 168 valence electrons. The number of ketones is 1. The van der Waals surface area contributed by atoms with Crippen molar-refractivity contribution in [2.75, 3.05) is 7.11 Å². The summed E-state index contributed by atoms with van der Waals surface area (Å²) in [6.45, 7) is 2.10. The molecule has 1 N–H and O–H groups in total. The predicted octanol–water partition coefficient (Wildman–Crippen LogP) is 6.81. The maximum atomic E-state index is 13.0. The Bertz CT molecular complexity index is 1220. The lowest BCUT2D eigenvalue weighted by atomic mass is 9.67. The first-order valence-corrected chi connectivity index (χ1v) is 12.4. The van der Waals surface area contributed by atoms with Gasteiger partial charge in [-0.3, -0.25) is 4.79 Å². The van der Waals surface area contributed by atoms with Crippen LogP contribution in [-0.2, 0) is 11.2 Å². The van der Waals surface area contributed by atoms with Crippen molar-refractivity contribution in [3.05, 3.63) is 82.3 Å². The first kappa shape index (κ1) is 21.8. The van der Waals surface area contributed by atoms with Gasteiger partial charge in [-0.05, 0) is 67.0 Å². The van der Waals surface area contributed by atoms with Crippen molar-refractivity contribution in [2.45, 2.75) is 32.6 Å². The van der Waals surface area contributed by atoms with Crippen LogP contribution in [0, 0.1) is 11.8 Å². The number of aromatic amines is 1. The molecule has 33 heavy (non-hydrogen) atoms. The number of H-pyrrole nitrogens is 1. The molecule has 1 aliphatic carbocycles. The second kappa shape index (κ2) is 9.44. The molecule has 4 nitrogen and oxygen atoms in total. The molecular weight excluding hydrogens is 428 g/mol. The minimum absolute atomic E-state index is 0.179. The van der Waals surface area contributed by atoms with Gasteiger partial charge in [0.1, 0.15) is 11.6 Å². The van der Waals surface area contributed by atoms with Crippen molar-refractivity contribution in [1.82, 2.24) is 9.97 Å². The number of carbonyl (C=O) groups excluding carboxylic acids is 1. The summed E-state index contributed by atoms with van der Waals surface area (Å²) in [5.74, 6) is 2.66. The number of nitrogens with zero attached hydrogens (tertiary/aromatic N) is 1. The van der Waals surface area contributed by atoms with Crippen molar-refractivity contribution in [3.63, 3.8) is 0 Å². The second-order valence-corrected chi connectivity index (χ2v) is 9.75. The molecule has 1 aromatic heterocycles. The van der Waals surface area contributed by atoms with E-state index in [1.807, 2.05) is 35.9 Å². The molecule has 0 bridgehead atoms. The highest BCUT2D eigenvalue weighted by Gasteiger charge is 2.37. The topological polar surface area (TPSA) is 55.0 Å². The zero-order valence-corrected chi connectivity index (χ0v) is 19.8. The number of allylic oxidation sites excluding steroid dienone is 2. The fraction of sp³-hybridized carbons (Fsp3) is 0.286. The monoisotopic (exact) mass is 456 g/mol. The standard InChI is InChI=1S/C28H28N2O2S/c1-18-12-23(17-33-16-18)27(31)25-11-10-21(25)13-19-6-8-20(9-7-19)28-29-15-26(30-28)22-4-3-5-24(14-22)32-2/h3-9,14-17,21,25H,10-13H2,1-2H3,(H,29,30). The third kappa shape index (κ3) is 4.69. The zero-order chi connectivity index (χ0) is 22.8. The summed E-state index contributed by atoms with van der Waals surface area (Å²) < 4.78 is 5.33. The summed E-state index contributed by atoms with van der Waals surface area (Å²) in [5, 5.41) is 4.18. The van der Waals surface area contributed by atoms with E-state index in [1.54, 1.807) is 18.9 Å². The molecule has 2 heterocycles. The van der Waals surface area contributed by atoms with Crippen LogP contribution >= 0.6 is 11.8 Å². The summed E-state index contributed by atoms with van der Waals surface area (Å²) in [4.78, 5) is 21.0. The number of hydrogen-bond acceptors (Lipinski definition) is 4. The molecule has 0 amide bonds. The molecule has 2 aliphatic rings. The van der Waals surface area contributed by atoms with Gasteiger partial charge in [-0.15, -0.1) is 11.8 Å². The molecule has 1 saturated carbocycles. The Morgan fingerprint density at radius 2 is 1.97 bits per heavy atom. The summed E-state index contributed by atoms with van der Waals surface area (Å²) in [7, 11) is 1.67. The van der Waals surface area contributed by atoms with Gasteiger partial charge in [0.05, 0.1) is 19.0 Å². The summed E-state index contributed by atoms with van der Waals surface area (Å²) >= 11 is 1.64. The number of thioether (sulfide) groups is 1. The van der Waals surface area contributed by atoms with E-state index in [0.717, 1.165) is 59.7 Å². The van der Waals surface area contributed by atoms with Crippen molar-refractivity contribution in [1.29, 1.82) is 0 Å². The van der Waals surface area contributed by atoms with Gasteiger partial charge in [-0.1, -0.05) is 42.0 Å². The van der Waals surface area contributed by atoms with E-state index in [1.165, 1.54) is 11.1 Å². The molecule has 1 fully saturated rings. The number of methoxy groups -OCH3 is 1. The van der Waals surface area contributed by atoms with E-state index in [0.29, 0.717) is 11.7 Å². The number of benzene rings is 2. The number of hydrogen-bond donors (Lipinski definition) is 1. The van der Waals surface area contributed by atoms with Crippen molar-refractivity contribution < 1.29 is 9.53 Å². The third-order valence-electron chi connectivity index (χ3n) is 6.70. The average Bonchev–Trinajstić information content (AvgIpc) is 3.33. The molecule has 1 aliphatic heterocycles. The molecule has 3 aromatic rings. The maximum absolute atomic E-state index is 13.0. The number of rotatable bonds is 7. The fourth-order valence-electron chi connectivity index (χ4n) is 4.66. The van der Waals surface area contributed by atoms with E-state index in [9.17, 15) is 4.79 Å². The molecule has 5 heteroatoms. The first-order valence-electron chi connectivity index (χ1n) is 11.4. The number of imidazole rings is 1. The van der Waals surface area contributed by atoms with Crippen molar-refractivity contribution in [2.24, 2.45) is 11.8 Å². The minimum atomic E-state index is 0.179. The Balaban J connectivity index is 1.24. The van der Waals surface area contributed by atoms with Crippen LogP contribution in [0.25, 0.3) is 22.6 Å². The van der Waals surface area contributed by atoms with Gasteiger partial charge >= 0.3 is 0 Å². The van der Waals surface area contributed by atoms with Crippen LogP contribution in [-0.4, -0.2) is 22.9 Å². The van der Waals surface area contributed by atoms with Crippen LogP contribution in [0.15, 0.2) is 76.7 Å². The SMILES string of the molecule is COc1cccc(-c2cnc(-c3ccc(CC4CCC4C(=O)C4=CSC=C(C)C4)cc3)[nH]2)c1. The van der Waals surface area contributed by atoms with Gasteiger partial charge in [-0.2, -0.15) is 0 Å². The van der Waals surface area contributed by atoms with Crippen LogP contribution in [0.4, 0.5) is 0 Å². The third-order valence-corrected chi connectivity index (χ3v) is 7.66. The highest BCUT2D eigenvalue weighted by atomic mass is 32.2. The molecule has 2 atom stereocenters. The normalized spacial score (nSPS) is 19.9. The van der Waals surface area contributed by atoms with Crippen LogP contribution in [0.5, 0.6) is 5.75 Å². The number of ether oxygens (including phenoxy) is 1. The van der Waals surface area contributed by atoms with Crippen LogP contribution < -0.4 is 4.74 Å². The van der Waals surface area contributed by atoms with Crippen molar-refractivity contribution in [3.8, 4) is 28.4 Å². The minimum Gasteiger partial charge on any atom is -0.497 e. The smallest absolute Gasteiger partial charge is 0.163 e. The number of aromatic nitrogens is 2. The fourth-order valence-corrected chi connectivity index (χ4v) is 5.41. The zero-order valence-electron chi connectivity index (χ0n) is 19.0. The molecule has 2 aromatic carbocycles. The largest absolute Gasteiger partial charge is 0.497 e. The quantitative estimate of drug-likeness (QED) is 0.424. The predicted molar refractivity (Wildman–Crippen MR) is 135 cm³/mol. The van der Waals surface area contributed by atoms with E-state index in [4.69, 9.17) is 4.74 Å². The highest BCUT2D eigenvalue weighted by Crippen LogP contribution is 2.41. The van der Waals surface area contributed by atoms with Gasteiger partial charge in [0, 0.05) is 22.6 Å². The Hall–Kier alpha value is -3.05. The molecule has 0 saturated heterocycles. The Morgan fingerprint density at radius 3 is 2.70 bits per heavy atom. The van der Waals surface area contributed by atoms with Crippen LogP contribution in [0.2, 0.25) is 0 Å². The lowest BCUT2D eigenvalue weighted by molar-refractivity contribution is -0.124. The summed E-state index contributed by atoms with van der Waals surface area (Å²) in [6.07, 6.45) is 5.78.